The van der Waals surface area contributed by atoms with Crippen molar-refractivity contribution in [2.75, 3.05) is 18.5 Å². The van der Waals surface area contributed by atoms with Crippen LogP contribution in [0.25, 0.3) is 0 Å². The first-order chi connectivity index (χ1) is 9.92. The summed E-state index contributed by atoms with van der Waals surface area (Å²) in [6.45, 7) is 9.36. The Bertz CT molecular complexity index is 476. The van der Waals surface area contributed by atoms with Crippen LogP contribution < -0.4 is 10.2 Å². The van der Waals surface area contributed by atoms with E-state index in [1.165, 1.54) is 11.3 Å². The predicted octanol–water partition coefficient (Wildman–Crippen LogP) is 3.88. The monoisotopic (exact) mass is 287 g/mol. The lowest BCUT2D eigenvalue weighted by molar-refractivity contribution is 0.337. The molecule has 0 bridgehead atoms. The van der Waals surface area contributed by atoms with E-state index in [0.29, 0.717) is 6.04 Å². The SMILES string of the molecule is CCC(C#N)(CCCN(C)c1cccc(C)c1)NC(C)C. The quantitative estimate of drug-likeness (QED) is 0.788. The summed E-state index contributed by atoms with van der Waals surface area (Å²) in [6.07, 6.45) is 2.73. The number of benzene rings is 1. The van der Waals surface area contributed by atoms with Gasteiger partial charge in [0.25, 0.3) is 0 Å². The molecular formula is C18H29N3. The van der Waals surface area contributed by atoms with Crippen molar-refractivity contribution in [1.82, 2.24) is 5.32 Å². The van der Waals surface area contributed by atoms with Crippen LogP contribution in [0.5, 0.6) is 0 Å². The number of nitrogens with zero attached hydrogens (tertiary/aromatic N) is 2. The van der Waals surface area contributed by atoms with Crippen LogP contribution in [0, 0.1) is 18.3 Å². The first kappa shape index (κ1) is 17.5. The van der Waals surface area contributed by atoms with Crippen molar-refractivity contribution < 1.29 is 0 Å². The Kier molecular flexibility index (Phi) is 6.71. The Labute approximate surface area is 130 Å². The predicted molar refractivity (Wildman–Crippen MR) is 90.6 cm³/mol. The molecule has 1 aromatic rings. The van der Waals surface area contributed by atoms with Gasteiger partial charge in [0.15, 0.2) is 0 Å². The molecule has 1 rings (SSSR count). The average Bonchev–Trinajstić information content (AvgIpc) is 2.45. The first-order valence-corrected chi connectivity index (χ1v) is 7.89. The lowest BCUT2D eigenvalue weighted by atomic mass is 9.91. The van der Waals surface area contributed by atoms with Gasteiger partial charge in [0.05, 0.1) is 6.07 Å². The maximum Gasteiger partial charge on any atom is 0.106 e. The highest BCUT2D eigenvalue weighted by atomic mass is 15.1. The highest BCUT2D eigenvalue weighted by Crippen LogP contribution is 2.20. The van der Waals surface area contributed by atoms with Gasteiger partial charge >= 0.3 is 0 Å². The molecule has 0 fully saturated rings. The van der Waals surface area contributed by atoms with Crippen LogP contribution in [0.2, 0.25) is 0 Å². The maximum atomic E-state index is 9.52. The lowest BCUT2D eigenvalue weighted by Gasteiger charge is -2.30. The minimum Gasteiger partial charge on any atom is -0.375 e. The first-order valence-electron chi connectivity index (χ1n) is 7.89. The highest BCUT2D eigenvalue weighted by molar-refractivity contribution is 5.47. The Morgan fingerprint density at radius 1 is 1.38 bits per heavy atom. The normalized spacial score (nSPS) is 13.8. The molecule has 116 valence electrons. The van der Waals surface area contributed by atoms with Crippen LogP contribution in [-0.2, 0) is 0 Å². The van der Waals surface area contributed by atoms with Gasteiger partial charge in [-0.25, -0.2) is 0 Å². The van der Waals surface area contributed by atoms with Crippen molar-refractivity contribution in [1.29, 1.82) is 5.26 Å². The second-order valence-corrected chi connectivity index (χ2v) is 6.21. The van der Waals surface area contributed by atoms with E-state index >= 15 is 0 Å². The van der Waals surface area contributed by atoms with E-state index in [1.54, 1.807) is 0 Å². The van der Waals surface area contributed by atoms with Gasteiger partial charge in [-0.1, -0.05) is 19.1 Å². The van der Waals surface area contributed by atoms with E-state index in [9.17, 15) is 5.26 Å². The van der Waals surface area contributed by atoms with Crippen molar-refractivity contribution in [2.24, 2.45) is 0 Å². The molecule has 1 N–H and O–H groups in total. The van der Waals surface area contributed by atoms with Gasteiger partial charge in [-0.2, -0.15) is 5.26 Å². The molecule has 3 heteroatoms. The second kappa shape index (κ2) is 8.05. The Morgan fingerprint density at radius 3 is 2.62 bits per heavy atom. The number of rotatable bonds is 8. The van der Waals surface area contributed by atoms with Crippen LogP contribution in [-0.4, -0.2) is 25.2 Å². The van der Waals surface area contributed by atoms with Crippen LogP contribution in [0.15, 0.2) is 24.3 Å². The molecule has 3 nitrogen and oxygen atoms in total. The summed E-state index contributed by atoms with van der Waals surface area (Å²) >= 11 is 0. The Morgan fingerprint density at radius 2 is 2.10 bits per heavy atom. The molecule has 21 heavy (non-hydrogen) atoms. The van der Waals surface area contributed by atoms with Crippen LogP contribution >= 0.6 is 0 Å². The van der Waals surface area contributed by atoms with E-state index in [4.69, 9.17) is 0 Å². The smallest absolute Gasteiger partial charge is 0.106 e. The fourth-order valence-electron chi connectivity index (χ4n) is 2.68. The Balaban J connectivity index is 2.56. The lowest BCUT2D eigenvalue weighted by Crippen LogP contribution is -2.47. The molecule has 0 aliphatic rings. The van der Waals surface area contributed by atoms with Crippen LogP contribution in [0.4, 0.5) is 5.69 Å². The van der Waals surface area contributed by atoms with Gasteiger partial charge in [0.1, 0.15) is 5.54 Å². The molecule has 0 aliphatic carbocycles. The third-order valence-corrected chi connectivity index (χ3v) is 3.92. The van der Waals surface area contributed by atoms with E-state index < -0.39 is 0 Å². The summed E-state index contributed by atoms with van der Waals surface area (Å²) in [7, 11) is 2.12. The second-order valence-electron chi connectivity index (χ2n) is 6.21. The number of nitrogens with one attached hydrogen (secondary N) is 1. The van der Waals surface area contributed by atoms with Crippen molar-refractivity contribution in [3.63, 3.8) is 0 Å². The fourth-order valence-corrected chi connectivity index (χ4v) is 2.68. The molecule has 1 atom stereocenters. The molecule has 0 aromatic heterocycles. The molecule has 0 aliphatic heterocycles. The third kappa shape index (κ3) is 5.40. The molecular weight excluding hydrogens is 258 g/mol. The summed E-state index contributed by atoms with van der Waals surface area (Å²) < 4.78 is 0. The van der Waals surface area contributed by atoms with Crippen LogP contribution in [0.1, 0.15) is 45.6 Å². The zero-order valence-electron chi connectivity index (χ0n) is 14.1. The van der Waals surface area contributed by atoms with Gasteiger partial charge in [0, 0.05) is 25.3 Å². The van der Waals surface area contributed by atoms with Gasteiger partial charge in [-0.05, 0) is 57.7 Å². The molecule has 0 amide bonds. The summed E-state index contributed by atoms with van der Waals surface area (Å²) in [5.74, 6) is 0. The number of anilines is 1. The number of nitriles is 1. The maximum absolute atomic E-state index is 9.52. The number of hydrogen-bond acceptors (Lipinski definition) is 3. The summed E-state index contributed by atoms with van der Waals surface area (Å²) in [6, 6.07) is 11.4. The number of aryl methyl sites for hydroxylation is 1. The highest BCUT2D eigenvalue weighted by Gasteiger charge is 2.27. The van der Waals surface area contributed by atoms with Crippen molar-refractivity contribution >= 4 is 5.69 Å². The summed E-state index contributed by atoms with van der Waals surface area (Å²) in [5, 5.41) is 13.0. The van der Waals surface area contributed by atoms with E-state index in [2.05, 4.69) is 75.3 Å². The van der Waals surface area contributed by atoms with Crippen molar-refractivity contribution in [2.45, 2.75) is 58.5 Å². The van der Waals surface area contributed by atoms with Gasteiger partial charge in [-0.3, -0.25) is 5.32 Å². The molecule has 0 saturated carbocycles. The van der Waals surface area contributed by atoms with Gasteiger partial charge in [-0.15, -0.1) is 0 Å². The number of hydrogen-bond donors (Lipinski definition) is 1. The van der Waals surface area contributed by atoms with Gasteiger partial charge in [0.2, 0.25) is 0 Å². The van der Waals surface area contributed by atoms with E-state index in [1.807, 2.05) is 0 Å². The minimum atomic E-state index is -0.387. The molecule has 0 radical (unpaired) electrons. The van der Waals surface area contributed by atoms with Gasteiger partial charge < -0.3 is 4.90 Å². The zero-order valence-corrected chi connectivity index (χ0v) is 14.1. The molecule has 0 saturated heterocycles. The third-order valence-electron chi connectivity index (χ3n) is 3.92. The van der Waals surface area contributed by atoms with Crippen molar-refractivity contribution in [3.8, 4) is 6.07 Å². The summed E-state index contributed by atoms with van der Waals surface area (Å²) in [5.41, 5.74) is 2.13. The zero-order chi connectivity index (χ0) is 15.9. The van der Waals surface area contributed by atoms with Crippen molar-refractivity contribution in [3.05, 3.63) is 29.8 Å². The molecule has 1 unspecified atom stereocenters. The molecule has 1 aromatic carbocycles. The standard InChI is InChI=1S/C18H29N3/c1-6-18(14-19,20-15(2)3)11-8-12-21(5)17-10-7-9-16(4)13-17/h7,9-10,13,15,20H,6,8,11-12H2,1-5H3. The molecule has 0 heterocycles. The van der Waals surface area contributed by atoms with Crippen LogP contribution in [0.3, 0.4) is 0 Å². The molecule has 0 spiro atoms. The fraction of sp³-hybridized carbons (Fsp3) is 0.611. The largest absolute Gasteiger partial charge is 0.375 e. The summed E-state index contributed by atoms with van der Waals surface area (Å²) in [4.78, 5) is 2.26. The topological polar surface area (TPSA) is 39.1 Å². The average molecular weight is 287 g/mol. The van der Waals surface area contributed by atoms with E-state index in [-0.39, 0.29) is 5.54 Å². The van der Waals surface area contributed by atoms with E-state index in [0.717, 1.165) is 25.8 Å². The minimum absolute atomic E-state index is 0.333. The Hall–Kier alpha value is -1.53.